The molecule has 6 nitrogen and oxygen atoms in total. The number of piperazine rings is 1. The zero-order valence-electron chi connectivity index (χ0n) is 16.7. The fourth-order valence-electron chi connectivity index (χ4n) is 3.00. The van der Waals surface area contributed by atoms with Crippen molar-refractivity contribution in [2.45, 2.75) is 19.5 Å². The zero-order chi connectivity index (χ0) is 18.5. The van der Waals surface area contributed by atoms with E-state index in [1.165, 1.54) is 0 Å². The first-order valence-electron chi connectivity index (χ1n) is 9.01. The summed E-state index contributed by atoms with van der Waals surface area (Å²) in [6, 6.07) is 11.0. The Hall–Kier alpha value is -1.57. The first-order chi connectivity index (χ1) is 12.5. The number of carbonyl (C=O) groups excluding carboxylic acids is 1. The van der Waals surface area contributed by atoms with Gasteiger partial charge in [-0.2, -0.15) is 0 Å². The van der Waals surface area contributed by atoms with Crippen molar-refractivity contribution >= 4 is 48.9 Å². The maximum Gasteiger partial charge on any atom is 0.241 e. The third-order valence-electron chi connectivity index (χ3n) is 4.82. The largest absolute Gasteiger partial charge is 0.354 e. The van der Waals surface area contributed by atoms with Gasteiger partial charge in [0.25, 0.3) is 0 Å². The lowest BCUT2D eigenvalue weighted by atomic mass is 10.1. The molecule has 1 amide bonds. The van der Waals surface area contributed by atoms with Crippen LogP contribution in [0.25, 0.3) is 0 Å². The van der Waals surface area contributed by atoms with E-state index in [9.17, 15) is 4.79 Å². The molecular formula is C20H30Cl3N5O. The van der Waals surface area contributed by atoms with Gasteiger partial charge in [0.05, 0.1) is 0 Å². The molecule has 3 N–H and O–H groups in total. The topological polar surface area (TPSA) is 74.5 Å². The van der Waals surface area contributed by atoms with Crippen molar-refractivity contribution in [1.82, 2.24) is 15.2 Å². The number of likely N-dealkylation sites (N-methyl/N-ethyl adjacent to an activating group) is 1. The molecule has 0 radical (unpaired) electrons. The summed E-state index contributed by atoms with van der Waals surface area (Å²) in [5.41, 5.74) is 9.07. The molecule has 1 aliphatic rings. The van der Waals surface area contributed by atoms with Crippen LogP contribution in [0.3, 0.4) is 0 Å². The first-order valence-corrected chi connectivity index (χ1v) is 9.01. The number of rotatable bonds is 5. The van der Waals surface area contributed by atoms with E-state index in [0.717, 1.165) is 48.7 Å². The van der Waals surface area contributed by atoms with Crippen molar-refractivity contribution in [3.05, 3.63) is 59.3 Å². The van der Waals surface area contributed by atoms with Crippen LogP contribution in [0.15, 0.2) is 42.6 Å². The number of hydrogen-bond acceptors (Lipinski definition) is 5. The van der Waals surface area contributed by atoms with Crippen LogP contribution in [0, 0.1) is 6.92 Å². The number of carbonyl (C=O) groups is 1. The fraction of sp³-hybridized carbons (Fsp3) is 0.400. The predicted octanol–water partition coefficient (Wildman–Crippen LogP) is 2.72. The molecule has 2 aromatic rings. The number of aromatic nitrogens is 1. The minimum Gasteiger partial charge on any atom is -0.354 e. The van der Waals surface area contributed by atoms with Gasteiger partial charge in [-0.25, -0.2) is 4.98 Å². The van der Waals surface area contributed by atoms with Crippen molar-refractivity contribution in [2.24, 2.45) is 5.73 Å². The summed E-state index contributed by atoms with van der Waals surface area (Å²) in [4.78, 5) is 21.4. The van der Waals surface area contributed by atoms with Crippen LogP contribution in [0.4, 0.5) is 5.82 Å². The highest BCUT2D eigenvalue weighted by molar-refractivity contribution is 5.86. The van der Waals surface area contributed by atoms with Gasteiger partial charge in [0.15, 0.2) is 0 Å². The number of halogens is 3. The molecule has 0 spiro atoms. The molecule has 1 aliphatic heterocycles. The molecule has 9 heteroatoms. The van der Waals surface area contributed by atoms with Crippen LogP contribution >= 0.6 is 37.2 Å². The maximum atomic E-state index is 12.4. The van der Waals surface area contributed by atoms with Gasteiger partial charge in [-0.15, -0.1) is 37.2 Å². The second-order valence-corrected chi connectivity index (χ2v) is 6.92. The van der Waals surface area contributed by atoms with Gasteiger partial charge in [0.1, 0.15) is 11.9 Å². The molecule has 29 heavy (non-hydrogen) atoms. The number of benzene rings is 1. The van der Waals surface area contributed by atoms with Crippen LogP contribution < -0.4 is 16.0 Å². The number of nitrogens with one attached hydrogen (secondary N) is 1. The standard InChI is InChI=1S/C20H27N5O.3ClH/c1-15-3-5-17(6-4-15)19(21)20(26)23-14-16-7-8-22-18(13-16)25-11-9-24(2)10-12-25;;;/h3-8,13,19H,9-12,14,21H2,1-2H3,(H,23,26);3*1H. The molecule has 2 heterocycles. The van der Waals surface area contributed by atoms with Gasteiger partial charge in [-0.3, -0.25) is 4.79 Å². The summed E-state index contributed by atoms with van der Waals surface area (Å²) < 4.78 is 0. The van der Waals surface area contributed by atoms with Crippen molar-refractivity contribution in [3.8, 4) is 0 Å². The Morgan fingerprint density at radius 3 is 2.34 bits per heavy atom. The Morgan fingerprint density at radius 2 is 1.72 bits per heavy atom. The van der Waals surface area contributed by atoms with E-state index in [2.05, 4.69) is 27.1 Å². The molecule has 0 saturated carbocycles. The van der Waals surface area contributed by atoms with Crippen LogP contribution in [0.2, 0.25) is 0 Å². The zero-order valence-corrected chi connectivity index (χ0v) is 19.2. The van der Waals surface area contributed by atoms with E-state index in [1.54, 1.807) is 6.20 Å². The third-order valence-corrected chi connectivity index (χ3v) is 4.82. The van der Waals surface area contributed by atoms with E-state index < -0.39 is 6.04 Å². The molecule has 0 aliphatic carbocycles. The predicted molar refractivity (Wildman–Crippen MR) is 126 cm³/mol. The van der Waals surface area contributed by atoms with Gasteiger partial charge < -0.3 is 20.9 Å². The first kappa shape index (κ1) is 27.4. The number of hydrogen-bond donors (Lipinski definition) is 2. The van der Waals surface area contributed by atoms with Crippen LogP contribution in [0.1, 0.15) is 22.7 Å². The van der Waals surface area contributed by atoms with Gasteiger partial charge in [0.2, 0.25) is 5.91 Å². The van der Waals surface area contributed by atoms with E-state index in [4.69, 9.17) is 5.73 Å². The number of nitrogens with zero attached hydrogens (tertiary/aromatic N) is 3. The van der Waals surface area contributed by atoms with E-state index in [-0.39, 0.29) is 43.1 Å². The lowest BCUT2D eigenvalue weighted by molar-refractivity contribution is -0.122. The van der Waals surface area contributed by atoms with Crippen LogP contribution in [-0.4, -0.2) is 49.0 Å². The lowest BCUT2D eigenvalue weighted by Crippen LogP contribution is -2.44. The summed E-state index contributed by atoms with van der Waals surface area (Å²) >= 11 is 0. The number of aryl methyl sites for hydroxylation is 1. The Labute approximate surface area is 191 Å². The number of amides is 1. The minimum absolute atomic E-state index is 0. The summed E-state index contributed by atoms with van der Waals surface area (Å²) in [7, 11) is 2.13. The second kappa shape index (κ2) is 12.9. The molecular weight excluding hydrogens is 433 g/mol. The third kappa shape index (κ3) is 7.64. The van der Waals surface area contributed by atoms with Crippen molar-refractivity contribution < 1.29 is 4.79 Å². The highest BCUT2D eigenvalue weighted by Gasteiger charge is 2.17. The Balaban J connectivity index is 0.00000261. The molecule has 1 aromatic carbocycles. The summed E-state index contributed by atoms with van der Waals surface area (Å²) in [6.07, 6.45) is 1.80. The summed E-state index contributed by atoms with van der Waals surface area (Å²) in [5, 5.41) is 2.93. The number of anilines is 1. The molecule has 1 aromatic heterocycles. The minimum atomic E-state index is -0.658. The summed E-state index contributed by atoms with van der Waals surface area (Å²) in [5.74, 6) is 0.791. The monoisotopic (exact) mass is 461 g/mol. The highest BCUT2D eigenvalue weighted by atomic mass is 35.5. The molecule has 1 atom stereocenters. The Kier molecular flexibility index (Phi) is 12.2. The van der Waals surface area contributed by atoms with Crippen molar-refractivity contribution in [3.63, 3.8) is 0 Å². The normalized spacial score (nSPS) is 14.7. The average molecular weight is 463 g/mol. The van der Waals surface area contributed by atoms with Crippen LogP contribution in [0.5, 0.6) is 0 Å². The SMILES string of the molecule is Cc1ccc(C(N)C(=O)NCc2ccnc(N3CCN(C)CC3)c2)cc1.Cl.Cl.Cl. The molecule has 1 fully saturated rings. The number of pyridine rings is 1. The molecule has 1 saturated heterocycles. The van der Waals surface area contributed by atoms with Crippen molar-refractivity contribution in [2.75, 3.05) is 38.1 Å². The van der Waals surface area contributed by atoms with Gasteiger partial charge in [-0.05, 0) is 37.2 Å². The lowest BCUT2D eigenvalue weighted by Gasteiger charge is -2.33. The number of nitrogens with two attached hydrogens (primary N) is 1. The molecule has 0 bridgehead atoms. The van der Waals surface area contributed by atoms with Gasteiger partial charge in [0, 0.05) is 38.9 Å². The molecule has 1 unspecified atom stereocenters. The summed E-state index contributed by atoms with van der Waals surface area (Å²) in [6.45, 7) is 6.47. The maximum absolute atomic E-state index is 12.4. The van der Waals surface area contributed by atoms with Crippen molar-refractivity contribution in [1.29, 1.82) is 0 Å². The second-order valence-electron chi connectivity index (χ2n) is 6.92. The van der Waals surface area contributed by atoms with E-state index >= 15 is 0 Å². The highest BCUT2D eigenvalue weighted by Crippen LogP contribution is 2.15. The van der Waals surface area contributed by atoms with Gasteiger partial charge in [-0.1, -0.05) is 29.8 Å². The smallest absolute Gasteiger partial charge is 0.241 e. The Morgan fingerprint density at radius 1 is 1.10 bits per heavy atom. The van der Waals surface area contributed by atoms with E-state index in [1.807, 2.05) is 43.3 Å². The van der Waals surface area contributed by atoms with Crippen LogP contribution in [-0.2, 0) is 11.3 Å². The quantitative estimate of drug-likeness (QED) is 0.715. The Bertz CT molecular complexity index is 752. The average Bonchev–Trinajstić information content (AvgIpc) is 2.67. The fourth-order valence-corrected chi connectivity index (χ4v) is 3.00. The molecule has 162 valence electrons. The van der Waals surface area contributed by atoms with E-state index in [0.29, 0.717) is 6.54 Å². The van der Waals surface area contributed by atoms with Gasteiger partial charge >= 0.3 is 0 Å². The molecule has 3 rings (SSSR count).